The van der Waals surface area contributed by atoms with Crippen molar-refractivity contribution in [1.29, 1.82) is 0 Å². The van der Waals surface area contributed by atoms with Crippen LogP contribution in [0.1, 0.15) is 12.8 Å². The average molecular weight is 477 g/mol. The summed E-state index contributed by atoms with van der Waals surface area (Å²) in [5.74, 6) is 0.262. The van der Waals surface area contributed by atoms with E-state index in [0.717, 1.165) is 0 Å². The van der Waals surface area contributed by atoms with Crippen LogP contribution in [-0.4, -0.2) is 31.7 Å². The van der Waals surface area contributed by atoms with Crippen LogP contribution < -0.4 is 10.1 Å². The Labute approximate surface area is 190 Å². The molecular weight excluding hydrogens is 456 g/mol. The molecule has 0 aliphatic carbocycles. The van der Waals surface area contributed by atoms with E-state index in [4.69, 9.17) is 16.3 Å². The van der Waals surface area contributed by atoms with Crippen LogP contribution >= 0.6 is 22.9 Å². The molecular formula is C22H21ClN2O4S2. The van der Waals surface area contributed by atoms with Crippen molar-refractivity contribution in [2.45, 2.75) is 17.1 Å². The number of sulfonamides is 1. The number of benzene rings is 2. The number of nitrogens with zero attached hydrogens (tertiary/aromatic N) is 1. The van der Waals surface area contributed by atoms with Gasteiger partial charge in [0.25, 0.3) is 10.0 Å². The Morgan fingerprint density at radius 3 is 2.55 bits per heavy atom. The number of piperidine rings is 1. The van der Waals surface area contributed by atoms with Gasteiger partial charge >= 0.3 is 0 Å². The van der Waals surface area contributed by atoms with Crippen molar-refractivity contribution in [1.82, 2.24) is 4.31 Å². The van der Waals surface area contributed by atoms with Gasteiger partial charge in [-0.25, -0.2) is 8.42 Å². The van der Waals surface area contributed by atoms with E-state index in [1.54, 1.807) is 53.9 Å². The average Bonchev–Trinajstić information content (AvgIpc) is 3.33. The lowest BCUT2D eigenvalue weighted by molar-refractivity contribution is -0.120. The predicted molar refractivity (Wildman–Crippen MR) is 122 cm³/mol. The Morgan fingerprint density at radius 2 is 1.81 bits per heavy atom. The Balaban J connectivity index is 1.48. The highest BCUT2D eigenvalue weighted by Crippen LogP contribution is 2.34. The number of thiophene rings is 1. The predicted octanol–water partition coefficient (Wildman–Crippen LogP) is 5.23. The van der Waals surface area contributed by atoms with Gasteiger partial charge in [-0.15, -0.1) is 11.3 Å². The molecule has 1 aromatic heterocycles. The summed E-state index contributed by atoms with van der Waals surface area (Å²) in [4.78, 5) is 13.0. The molecule has 4 rings (SSSR count). The zero-order chi connectivity index (χ0) is 21.8. The smallest absolute Gasteiger partial charge is 0.252 e. The van der Waals surface area contributed by atoms with E-state index < -0.39 is 15.9 Å². The number of hydrogen-bond donors (Lipinski definition) is 1. The van der Waals surface area contributed by atoms with Gasteiger partial charge in [0, 0.05) is 13.1 Å². The highest BCUT2D eigenvalue weighted by molar-refractivity contribution is 7.91. The zero-order valence-electron chi connectivity index (χ0n) is 16.5. The highest BCUT2D eigenvalue weighted by atomic mass is 35.5. The molecule has 1 unspecified atom stereocenters. The zero-order valence-corrected chi connectivity index (χ0v) is 18.9. The van der Waals surface area contributed by atoms with Crippen LogP contribution in [0, 0.1) is 5.92 Å². The van der Waals surface area contributed by atoms with Gasteiger partial charge in [0.15, 0.2) is 5.75 Å². The molecule has 0 radical (unpaired) electrons. The monoisotopic (exact) mass is 476 g/mol. The fourth-order valence-electron chi connectivity index (χ4n) is 3.45. The molecule has 1 atom stereocenters. The summed E-state index contributed by atoms with van der Waals surface area (Å²) in [5.41, 5.74) is 0.505. The maximum Gasteiger partial charge on any atom is 0.252 e. The van der Waals surface area contributed by atoms with Gasteiger partial charge in [-0.3, -0.25) is 4.79 Å². The second-order valence-electron chi connectivity index (χ2n) is 7.15. The number of carbonyl (C=O) groups is 1. The summed E-state index contributed by atoms with van der Waals surface area (Å²) in [6.07, 6.45) is 1.25. The third-order valence-electron chi connectivity index (χ3n) is 5.05. The van der Waals surface area contributed by atoms with E-state index in [0.29, 0.717) is 45.8 Å². The van der Waals surface area contributed by atoms with E-state index >= 15 is 0 Å². The van der Waals surface area contributed by atoms with Crippen molar-refractivity contribution in [3.05, 3.63) is 71.1 Å². The normalized spacial score (nSPS) is 17.3. The molecule has 1 N–H and O–H groups in total. The fraction of sp³-hybridized carbons (Fsp3) is 0.227. The molecule has 6 nitrogen and oxygen atoms in total. The molecule has 1 saturated heterocycles. The minimum atomic E-state index is -3.58. The van der Waals surface area contributed by atoms with Crippen LogP contribution in [0.2, 0.25) is 5.02 Å². The first-order valence-electron chi connectivity index (χ1n) is 9.81. The summed E-state index contributed by atoms with van der Waals surface area (Å²) in [6.45, 7) is 0.565. The minimum absolute atomic E-state index is 0.152. The van der Waals surface area contributed by atoms with Gasteiger partial charge in [-0.05, 0) is 48.6 Å². The molecule has 2 aromatic carbocycles. The van der Waals surface area contributed by atoms with Crippen LogP contribution in [0.5, 0.6) is 11.5 Å². The molecule has 0 bridgehead atoms. The molecule has 31 heavy (non-hydrogen) atoms. The summed E-state index contributed by atoms with van der Waals surface area (Å²) in [7, 11) is -3.58. The topological polar surface area (TPSA) is 75.7 Å². The van der Waals surface area contributed by atoms with E-state index in [1.165, 1.54) is 15.6 Å². The van der Waals surface area contributed by atoms with Crippen molar-refractivity contribution in [2.75, 3.05) is 18.4 Å². The SMILES string of the molecule is O=C(Nc1ccccc1Oc1ccccc1Cl)C1CCCN(S(=O)(=O)c2cccs2)C1. The first-order chi connectivity index (χ1) is 14.9. The third kappa shape index (κ3) is 4.93. The Hall–Kier alpha value is -2.39. The number of ether oxygens (including phenoxy) is 1. The second-order valence-corrected chi connectivity index (χ2v) is 10.7. The third-order valence-corrected chi connectivity index (χ3v) is 8.60. The van der Waals surface area contributed by atoms with Crippen LogP contribution in [0.3, 0.4) is 0 Å². The number of amides is 1. The quantitative estimate of drug-likeness (QED) is 0.528. The van der Waals surface area contributed by atoms with Gasteiger partial charge in [0.05, 0.1) is 16.6 Å². The summed E-state index contributed by atoms with van der Waals surface area (Å²) in [5, 5.41) is 5.10. The number of rotatable bonds is 6. The van der Waals surface area contributed by atoms with Crippen molar-refractivity contribution < 1.29 is 17.9 Å². The molecule has 162 valence electrons. The van der Waals surface area contributed by atoms with Gasteiger partial charge in [0.1, 0.15) is 9.96 Å². The summed E-state index contributed by atoms with van der Waals surface area (Å²) < 4.78 is 33.3. The molecule has 1 aliphatic heterocycles. The standard InChI is InChI=1S/C22H21ClN2O4S2/c23-17-8-1-3-10-19(17)29-20-11-4-2-9-18(20)24-22(26)16-7-5-13-25(15-16)31(27,28)21-12-6-14-30-21/h1-4,6,8-12,14,16H,5,7,13,15H2,(H,24,26). The molecule has 3 aromatic rings. The number of anilines is 1. The number of halogens is 1. The molecule has 1 amide bonds. The first kappa shape index (κ1) is 21.8. The first-order valence-corrected chi connectivity index (χ1v) is 12.5. The van der Waals surface area contributed by atoms with Crippen molar-refractivity contribution in [3.63, 3.8) is 0 Å². The number of hydrogen-bond acceptors (Lipinski definition) is 5. The number of nitrogens with one attached hydrogen (secondary N) is 1. The fourth-order valence-corrected chi connectivity index (χ4v) is 6.29. The molecule has 9 heteroatoms. The van der Waals surface area contributed by atoms with E-state index in [2.05, 4.69) is 5.32 Å². The Kier molecular flexibility index (Phi) is 6.62. The maximum atomic E-state index is 13.0. The molecule has 1 fully saturated rings. The van der Waals surface area contributed by atoms with Gasteiger partial charge < -0.3 is 10.1 Å². The van der Waals surface area contributed by atoms with E-state index in [9.17, 15) is 13.2 Å². The molecule has 0 saturated carbocycles. The second kappa shape index (κ2) is 9.40. The number of para-hydroxylation sites is 3. The largest absolute Gasteiger partial charge is 0.454 e. The number of carbonyl (C=O) groups excluding carboxylic acids is 1. The van der Waals surface area contributed by atoms with Gasteiger partial charge in [0.2, 0.25) is 5.91 Å². The maximum absolute atomic E-state index is 13.0. The summed E-state index contributed by atoms with van der Waals surface area (Å²) >= 11 is 7.36. The molecule has 2 heterocycles. The minimum Gasteiger partial charge on any atom is -0.454 e. The summed E-state index contributed by atoms with van der Waals surface area (Å²) in [6, 6.07) is 17.5. The van der Waals surface area contributed by atoms with Crippen molar-refractivity contribution >= 4 is 44.6 Å². The van der Waals surface area contributed by atoms with Crippen molar-refractivity contribution in [2.24, 2.45) is 5.92 Å². The highest BCUT2D eigenvalue weighted by Gasteiger charge is 2.34. The van der Waals surface area contributed by atoms with Gasteiger partial charge in [-0.2, -0.15) is 4.31 Å². The van der Waals surface area contributed by atoms with E-state index in [1.807, 2.05) is 12.1 Å². The van der Waals surface area contributed by atoms with Crippen LogP contribution in [-0.2, 0) is 14.8 Å². The Bertz CT molecular complexity index is 1170. The molecule has 0 spiro atoms. The van der Waals surface area contributed by atoms with Crippen LogP contribution in [0.25, 0.3) is 0 Å². The lowest BCUT2D eigenvalue weighted by atomic mass is 9.98. The lowest BCUT2D eigenvalue weighted by Crippen LogP contribution is -2.43. The molecule has 1 aliphatic rings. The lowest BCUT2D eigenvalue weighted by Gasteiger charge is -2.30. The Morgan fingerprint density at radius 1 is 1.06 bits per heavy atom. The van der Waals surface area contributed by atoms with Crippen LogP contribution in [0.15, 0.2) is 70.3 Å². The van der Waals surface area contributed by atoms with Gasteiger partial charge in [-0.1, -0.05) is 41.9 Å². The van der Waals surface area contributed by atoms with E-state index in [-0.39, 0.29) is 12.5 Å². The van der Waals surface area contributed by atoms with Crippen molar-refractivity contribution in [3.8, 4) is 11.5 Å². The van der Waals surface area contributed by atoms with Crippen LogP contribution in [0.4, 0.5) is 5.69 Å².